The number of rotatable bonds is 8. The van der Waals surface area contributed by atoms with E-state index in [4.69, 9.17) is 13.2 Å². The van der Waals surface area contributed by atoms with Crippen molar-refractivity contribution in [1.29, 1.82) is 0 Å². The molecule has 0 aromatic carbocycles. The van der Waals surface area contributed by atoms with Crippen LogP contribution in [0.5, 0.6) is 0 Å². The van der Waals surface area contributed by atoms with Crippen LogP contribution in [0.15, 0.2) is 0 Å². The Labute approximate surface area is 108 Å². The van der Waals surface area contributed by atoms with Crippen molar-refractivity contribution < 1.29 is 17.7 Å². The molecule has 0 aliphatic carbocycles. The minimum atomic E-state index is -2.97. The lowest BCUT2D eigenvalue weighted by molar-refractivity contribution is 0.223. The van der Waals surface area contributed by atoms with Gasteiger partial charge in [0, 0.05) is 0 Å². The second kappa shape index (κ2) is 6.64. The lowest BCUT2D eigenvalue weighted by Crippen LogP contribution is -2.45. The molecule has 0 saturated heterocycles. The Balaban J connectivity index is 4.69. The van der Waals surface area contributed by atoms with Crippen LogP contribution in [-0.4, -0.2) is 35.6 Å². The number of hydrogen-bond acceptors (Lipinski definition) is 4. The molecule has 0 aromatic heterocycles. The fourth-order valence-electron chi connectivity index (χ4n) is 1.85. The van der Waals surface area contributed by atoms with Crippen molar-refractivity contribution in [3.05, 3.63) is 0 Å². The van der Waals surface area contributed by atoms with Gasteiger partial charge in [-0.15, -0.1) is 0 Å². The molecule has 0 atom stereocenters. The summed E-state index contributed by atoms with van der Waals surface area (Å²) in [5, 5.41) is 0. The lowest BCUT2D eigenvalue weighted by atomic mass is 10.9. The first-order valence-electron chi connectivity index (χ1n) is 6.12. The van der Waals surface area contributed by atoms with E-state index in [0.29, 0.717) is 19.0 Å². The smallest absolute Gasteiger partial charge is 0.330 e. The predicted octanol–water partition coefficient (Wildman–Crippen LogP) is 3.85. The van der Waals surface area contributed by atoms with Gasteiger partial charge in [-0.2, -0.15) is 0 Å². The van der Waals surface area contributed by atoms with E-state index in [0.717, 1.165) is 0 Å². The van der Waals surface area contributed by atoms with Crippen LogP contribution in [0.1, 0.15) is 13.8 Å². The van der Waals surface area contributed by atoms with Crippen LogP contribution in [0.3, 0.4) is 0 Å². The van der Waals surface area contributed by atoms with Crippen molar-refractivity contribution in [2.45, 2.75) is 46.6 Å². The zero-order chi connectivity index (χ0) is 13.7. The van der Waals surface area contributed by atoms with E-state index in [1.54, 1.807) is 0 Å². The minimum Gasteiger partial charge on any atom is -0.455 e. The van der Waals surface area contributed by atoms with E-state index >= 15 is 0 Å². The van der Waals surface area contributed by atoms with Gasteiger partial charge in [0.25, 0.3) is 0 Å². The average molecular weight is 298 g/mol. The second-order valence-electron chi connectivity index (χ2n) is 5.58. The monoisotopic (exact) mass is 298 g/mol. The van der Waals surface area contributed by atoms with Crippen LogP contribution >= 0.6 is 7.60 Å². The first-order chi connectivity index (χ1) is 7.54. The zero-order valence-corrected chi connectivity index (χ0v) is 15.1. The zero-order valence-electron chi connectivity index (χ0n) is 12.2. The highest BCUT2D eigenvalue weighted by atomic mass is 31.2. The predicted molar refractivity (Wildman–Crippen MR) is 77.6 cm³/mol. The van der Waals surface area contributed by atoms with Gasteiger partial charge >= 0.3 is 7.60 Å². The van der Waals surface area contributed by atoms with Gasteiger partial charge in [0.05, 0.1) is 19.0 Å². The maximum atomic E-state index is 12.4. The van der Waals surface area contributed by atoms with E-state index in [-0.39, 0.29) is 0 Å². The molecule has 4 nitrogen and oxygen atoms in total. The quantitative estimate of drug-likeness (QED) is 0.504. The van der Waals surface area contributed by atoms with Crippen LogP contribution in [0, 0.1) is 0 Å². The Morgan fingerprint density at radius 1 is 0.941 bits per heavy atom. The average Bonchev–Trinajstić information content (AvgIpc) is 1.96. The molecule has 0 heterocycles. The molecule has 17 heavy (non-hydrogen) atoms. The maximum absolute atomic E-state index is 12.4. The van der Waals surface area contributed by atoms with Gasteiger partial charge in [-0.05, 0) is 46.6 Å². The molecule has 0 rings (SSSR count). The first kappa shape index (κ1) is 17.5. The van der Waals surface area contributed by atoms with E-state index < -0.39 is 24.2 Å². The van der Waals surface area contributed by atoms with Gasteiger partial charge in [0.15, 0.2) is 16.6 Å². The van der Waals surface area contributed by atoms with Crippen molar-refractivity contribution in [2.75, 3.05) is 19.0 Å². The summed E-state index contributed by atoms with van der Waals surface area (Å²) in [6.45, 7) is 15.1. The molecule has 7 heteroatoms. The van der Waals surface area contributed by atoms with Crippen LogP contribution in [-0.2, 0) is 17.7 Å². The molecule has 0 unspecified atom stereocenters. The molecular formula is C10H27O4PSi2. The Morgan fingerprint density at radius 2 is 1.35 bits per heavy atom. The van der Waals surface area contributed by atoms with Crippen molar-refractivity contribution in [2.24, 2.45) is 0 Å². The molecule has 0 radical (unpaired) electrons. The van der Waals surface area contributed by atoms with Crippen molar-refractivity contribution in [3.8, 4) is 0 Å². The Hall–Kier alpha value is 0.544. The highest BCUT2D eigenvalue weighted by Crippen LogP contribution is 2.50. The van der Waals surface area contributed by atoms with Crippen LogP contribution in [0.25, 0.3) is 0 Å². The largest absolute Gasteiger partial charge is 0.455 e. The van der Waals surface area contributed by atoms with Crippen LogP contribution in [0.2, 0.25) is 32.7 Å². The molecule has 0 N–H and O–H groups in total. The Morgan fingerprint density at radius 3 is 1.65 bits per heavy atom. The summed E-state index contributed by atoms with van der Waals surface area (Å²) in [5.74, 6) is 0.436. The van der Waals surface area contributed by atoms with Crippen LogP contribution < -0.4 is 0 Å². The summed E-state index contributed by atoms with van der Waals surface area (Å²) in [4.78, 5) is 0. The SMILES string of the molecule is CCOP(=O)(C[Si](C)(C)O[Si](C)(C)C)OCC. The summed E-state index contributed by atoms with van der Waals surface area (Å²) in [7, 11) is -6.58. The highest BCUT2D eigenvalue weighted by Gasteiger charge is 2.39. The summed E-state index contributed by atoms with van der Waals surface area (Å²) in [6.07, 6.45) is 0. The Bertz CT molecular complexity index is 266. The number of hydrogen-bond donors (Lipinski definition) is 0. The molecule has 0 aliphatic heterocycles. The molecule has 0 spiro atoms. The van der Waals surface area contributed by atoms with Crippen molar-refractivity contribution in [3.63, 3.8) is 0 Å². The third-order valence-corrected chi connectivity index (χ3v) is 12.4. The first-order valence-corrected chi connectivity index (χ1v) is 14.4. The van der Waals surface area contributed by atoms with E-state index in [1.165, 1.54) is 0 Å². The fraction of sp³-hybridized carbons (Fsp3) is 1.00. The van der Waals surface area contributed by atoms with Gasteiger partial charge < -0.3 is 13.2 Å². The van der Waals surface area contributed by atoms with E-state index in [1.807, 2.05) is 13.8 Å². The van der Waals surface area contributed by atoms with Crippen molar-refractivity contribution in [1.82, 2.24) is 0 Å². The fourth-order valence-corrected chi connectivity index (χ4v) is 14.6. The maximum Gasteiger partial charge on any atom is 0.330 e. The van der Waals surface area contributed by atoms with E-state index in [2.05, 4.69) is 32.7 Å². The molecule has 0 bridgehead atoms. The lowest BCUT2D eigenvalue weighted by Gasteiger charge is -2.33. The van der Waals surface area contributed by atoms with Gasteiger partial charge in [-0.3, -0.25) is 4.57 Å². The third-order valence-electron chi connectivity index (χ3n) is 1.81. The summed E-state index contributed by atoms with van der Waals surface area (Å²) in [5.41, 5.74) is 0. The summed E-state index contributed by atoms with van der Waals surface area (Å²) >= 11 is 0. The van der Waals surface area contributed by atoms with Gasteiger partial charge in [0.1, 0.15) is 0 Å². The summed E-state index contributed by atoms with van der Waals surface area (Å²) in [6, 6.07) is 0. The Kier molecular flexibility index (Phi) is 6.85. The second-order valence-corrected chi connectivity index (χ2v) is 17.1. The van der Waals surface area contributed by atoms with Gasteiger partial charge in [-0.25, -0.2) is 0 Å². The minimum absolute atomic E-state index is 0.411. The molecule has 0 aromatic rings. The topological polar surface area (TPSA) is 44.8 Å². The normalized spacial score (nSPS) is 14.1. The van der Waals surface area contributed by atoms with Crippen molar-refractivity contribution >= 4 is 24.2 Å². The molecular weight excluding hydrogens is 271 g/mol. The molecule has 0 aliphatic rings. The molecule has 0 fully saturated rings. The summed E-state index contributed by atoms with van der Waals surface area (Å²) < 4.78 is 29.2. The molecule has 104 valence electrons. The highest BCUT2D eigenvalue weighted by molar-refractivity contribution is 7.56. The van der Waals surface area contributed by atoms with Gasteiger partial charge in [0.2, 0.25) is 0 Å². The van der Waals surface area contributed by atoms with Crippen LogP contribution in [0.4, 0.5) is 0 Å². The van der Waals surface area contributed by atoms with Gasteiger partial charge in [-0.1, -0.05) is 0 Å². The van der Waals surface area contributed by atoms with E-state index in [9.17, 15) is 4.57 Å². The molecule has 0 amide bonds. The third kappa shape index (κ3) is 8.29. The molecule has 0 saturated carbocycles. The standard InChI is InChI=1S/C10H27O4PSi2/c1-8-12-15(11,13-9-2)10-17(6,7)14-16(3,4)5/h8-10H2,1-7H3.